The number of nitrogens with zero attached hydrogens (tertiary/aromatic N) is 2. The average Bonchev–Trinajstić information content (AvgIpc) is 3.11. The highest BCUT2D eigenvalue weighted by Crippen LogP contribution is 2.23. The zero-order chi connectivity index (χ0) is 15.5. The summed E-state index contributed by atoms with van der Waals surface area (Å²) in [5.74, 6) is 1.04. The number of rotatable bonds is 5. The molecule has 1 atom stereocenters. The van der Waals surface area contributed by atoms with Crippen LogP contribution in [0.4, 0.5) is 5.95 Å². The lowest BCUT2D eigenvalue weighted by Gasteiger charge is -2.10. The lowest BCUT2D eigenvalue weighted by Crippen LogP contribution is -2.27. The third-order valence-electron chi connectivity index (χ3n) is 3.06. The lowest BCUT2D eigenvalue weighted by molar-refractivity contribution is -0.119. The summed E-state index contributed by atoms with van der Waals surface area (Å²) >= 11 is 1.22. The smallest absolute Gasteiger partial charge is 0.231 e. The molecule has 3 rings (SSSR count). The summed E-state index contributed by atoms with van der Waals surface area (Å²) in [6, 6.07) is 9.46. The molecule has 0 aliphatic rings. The van der Waals surface area contributed by atoms with E-state index >= 15 is 0 Å². The molecule has 0 saturated heterocycles. The number of carbonyl (C=O) groups excluding carboxylic acids is 1. The maximum atomic E-state index is 12.0. The molecule has 8 heteroatoms. The molecule has 2 heterocycles. The highest BCUT2D eigenvalue weighted by molar-refractivity contribution is 7.99. The van der Waals surface area contributed by atoms with Crippen molar-refractivity contribution in [1.82, 2.24) is 20.5 Å². The van der Waals surface area contributed by atoms with Gasteiger partial charge in [0.15, 0.2) is 0 Å². The van der Waals surface area contributed by atoms with E-state index in [2.05, 4.69) is 20.5 Å². The summed E-state index contributed by atoms with van der Waals surface area (Å²) in [4.78, 5) is 15.9. The Morgan fingerprint density at radius 2 is 2.32 bits per heavy atom. The number of hydrogen-bond donors (Lipinski definition) is 3. The molecule has 3 aromatic rings. The van der Waals surface area contributed by atoms with Crippen LogP contribution in [0.3, 0.4) is 0 Å². The van der Waals surface area contributed by atoms with Crippen molar-refractivity contribution in [1.29, 1.82) is 0 Å². The van der Waals surface area contributed by atoms with Gasteiger partial charge in [-0.2, -0.15) is 4.98 Å². The van der Waals surface area contributed by atoms with Crippen molar-refractivity contribution in [2.24, 2.45) is 0 Å². The molecule has 7 nitrogen and oxygen atoms in total. The Morgan fingerprint density at radius 1 is 1.50 bits per heavy atom. The van der Waals surface area contributed by atoms with Crippen LogP contribution in [0.2, 0.25) is 0 Å². The predicted molar refractivity (Wildman–Crippen MR) is 84.3 cm³/mol. The van der Waals surface area contributed by atoms with Crippen molar-refractivity contribution in [3.63, 3.8) is 0 Å². The van der Waals surface area contributed by atoms with Gasteiger partial charge in [-0.3, -0.25) is 4.79 Å². The zero-order valence-corrected chi connectivity index (χ0v) is 12.7. The first kappa shape index (κ1) is 14.5. The SMILES string of the molecule is CC(NC(=O)CSc1n[nH]c(N)n1)c1cc2ccccc2o1. The Morgan fingerprint density at radius 3 is 3.05 bits per heavy atom. The summed E-state index contributed by atoms with van der Waals surface area (Å²) < 4.78 is 5.73. The largest absolute Gasteiger partial charge is 0.459 e. The average molecular weight is 317 g/mol. The molecule has 4 N–H and O–H groups in total. The fourth-order valence-corrected chi connectivity index (χ4v) is 2.64. The summed E-state index contributed by atoms with van der Waals surface area (Å²) in [5.41, 5.74) is 6.23. The first-order chi connectivity index (χ1) is 10.6. The number of nitrogens with one attached hydrogen (secondary N) is 2. The van der Waals surface area contributed by atoms with Crippen LogP contribution in [0.15, 0.2) is 39.9 Å². The number of thioether (sulfide) groups is 1. The van der Waals surface area contributed by atoms with Crippen LogP contribution in [0.1, 0.15) is 18.7 Å². The highest BCUT2D eigenvalue weighted by Gasteiger charge is 2.15. The number of anilines is 1. The topological polar surface area (TPSA) is 110 Å². The van der Waals surface area contributed by atoms with Gasteiger partial charge in [0, 0.05) is 5.39 Å². The van der Waals surface area contributed by atoms with Gasteiger partial charge >= 0.3 is 0 Å². The fraction of sp³-hybridized carbons (Fsp3) is 0.214. The van der Waals surface area contributed by atoms with Crippen LogP contribution < -0.4 is 11.1 Å². The second-order valence-electron chi connectivity index (χ2n) is 4.77. The van der Waals surface area contributed by atoms with Crippen LogP contribution in [0.25, 0.3) is 11.0 Å². The Bertz CT molecular complexity index is 764. The van der Waals surface area contributed by atoms with Crippen LogP contribution in [0.5, 0.6) is 0 Å². The van der Waals surface area contributed by atoms with Crippen LogP contribution in [-0.2, 0) is 4.79 Å². The number of benzene rings is 1. The minimum Gasteiger partial charge on any atom is -0.459 e. The number of hydrogen-bond acceptors (Lipinski definition) is 6. The van der Waals surface area contributed by atoms with E-state index in [9.17, 15) is 4.79 Å². The molecule has 0 fully saturated rings. The molecule has 1 unspecified atom stereocenters. The van der Waals surface area contributed by atoms with Gasteiger partial charge in [-0.15, -0.1) is 5.10 Å². The van der Waals surface area contributed by atoms with Crippen LogP contribution in [0, 0.1) is 0 Å². The minimum absolute atomic E-state index is 0.124. The monoisotopic (exact) mass is 317 g/mol. The maximum absolute atomic E-state index is 12.0. The van der Waals surface area contributed by atoms with E-state index in [1.54, 1.807) is 0 Å². The zero-order valence-electron chi connectivity index (χ0n) is 11.9. The van der Waals surface area contributed by atoms with Gasteiger partial charge in [-0.25, -0.2) is 5.10 Å². The van der Waals surface area contributed by atoms with Gasteiger partial charge in [0.25, 0.3) is 0 Å². The van der Waals surface area contributed by atoms with Gasteiger partial charge in [-0.1, -0.05) is 30.0 Å². The third-order valence-corrected chi connectivity index (χ3v) is 3.91. The van der Waals surface area contributed by atoms with E-state index in [4.69, 9.17) is 10.2 Å². The van der Waals surface area contributed by atoms with Crippen molar-refractivity contribution in [3.05, 3.63) is 36.1 Å². The molecule has 22 heavy (non-hydrogen) atoms. The third kappa shape index (κ3) is 3.22. The summed E-state index contributed by atoms with van der Waals surface area (Å²) in [6.45, 7) is 1.88. The van der Waals surface area contributed by atoms with E-state index in [-0.39, 0.29) is 23.7 Å². The number of aromatic amines is 1. The number of fused-ring (bicyclic) bond motifs is 1. The fourth-order valence-electron chi connectivity index (χ4n) is 2.02. The van der Waals surface area contributed by atoms with E-state index < -0.39 is 0 Å². The molecule has 0 aliphatic heterocycles. The highest BCUT2D eigenvalue weighted by atomic mass is 32.2. The van der Waals surface area contributed by atoms with Crippen LogP contribution >= 0.6 is 11.8 Å². The standard InChI is InChI=1S/C14H15N5O2S/c1-8(11-6-9-4-2-3-5-10(9)21-11)16-12(20)7-22-14-17-13(15)18-19-14/h2-6,8H,7H2,1H3,(H,16,20)(H3,15,17,18,19). The van der Waals surface area contributed by atoms with Gasteiger partial charge in [-0.05, 0) is 19.1 Å². The number of para-hydroxylation sites is 1. The number of aromatic nitrogens is 3. The summed E-state index contributed by atoms with van der Waals surface area (Å²) in [5, 5.41) is 10.7. The molecule has 1 amide bonds. The van der Waals surface area contributed by atoms with E-state index in [1.165, 1.54) is 11.8 Å². The number of nitrogen functional groups attached to an aromatic ring is 1. The van der Waals surface area contributed by atoms with Crippen molar-refractivity contribution >= 4 is 34.6 Å². The maximum Gasteiger partial charge on any atom is 0.231 e. The molecular formula is C14H15N5O2S. The van der Waals surface area contributed by atoms with Crippen LogP contribution in [-0.4, -0.2) is 26.8 Å². The molecular weight excluding hydrogens is 302 g/mol. The Balaban J connectivity index is 1.58. The number of carbonyl (C=O) groups is 1. The number of amides is 1. The van der Waals surface area contributed by atoms with Gasteiger partial charge < -0.3 is 15.5 Å². The second kappa shape index (κ2) is 6.10. The quantitative estimate of drug-likeness (QED) is 0.622. The van der Waals surface area contributed by atoms with Gasteiger partial charge in [0.2, 0.25) is 17.0 Å². The molecule has 1 aromatic carbocycles. The second-order valence-corrected chi connectivity index (χ2v) is 5.71. The normalized spacial score (nSPS) is 12.4. The number of H-pyrrole nitrogens is 1. The van der Waals surface area contributed by atoms with Gasteiger partial charge in [0.05, 0.1) is 11.8 Å². The summed E-state index contributed by atoms with van der Waals surface area (Å²) in [6.07, 6.45) is 0. The molecule has 0 radical (unpaired) electrons. The van der Waals surface area contributed by atoms with Crippen molar-refractivity contribution in [2.45, 2.75) is 18.1 Å². The molecule has 0 spiro atoms. The molecule has 114 valence electrons. The molecule has 2 aromatic heterocycles. The van der Waals surface area contributed by atoms with Gasteiger partial charge in [0.1, 0.15) is 11.3 Å². The first-order valence-electron chi connectivity index (χ1n) is 6.70. The van der Waals surface area contributed by atoms with E-state index in [0.29, 0.717) is 5.16 Å². The Labute approximate surface area is 130 Å². The molecule has 0 aliphatic carbocycles. The minimum atomic E-state index is -0.210. The Hall–Kier alpha value is -2.48. The lowest BCUT2D eigenvalue weighted by atomic mass is 10.2. The van der Waals surface area contributed by atoms with E-state index in [0.717, 1.165) is 16.7 Å². The number of furan rings is 1. The predicted octanol–water partition coefficient (Wildman–Crippen LogP) is 2.10. The molecule has 0 saturated carbocycles. The van der Waals surface area contributed by atoms with Crippen molar-refractivity contribution in [2.75, 3.05) is 11.5 Å². The molecule has 0 bridgehead atoms. The summed E-state index contributed by atoms with van der Waals surface area (Å²) in [7, 11) is 0. The van der Waals surface area contributed by atoms with Crippen molar-refractivity contribution < 1.29 is 9.21 Å². The first-order valence-corrected chi connectivity index (χ1v) is 7.69. The number of nitrogens with two attached hydrogens (primary N) is 1. The van der Waals surface area contributed by atoms with Crippen molar-refractivity contribution in [3.8, 4) is 0 Å². The van der Waals surface area contributed by atoms with E-state index in [1.807, 2.05) is 37.3 Å². The Kier molecular flexibility index (Phi) is 4.01.